The second-order valence-corrected chi connectivity index (χ2v) is 8.25. The third-order valence-electron chi connectivity index (χ3n) is 5.56. The fraction of sp³-hybridized carbons (Fsp3) is 0.435. The number of nitrogens with two attached hydrogens (primary N) is 1. The van der Waals surface area contributed by atoms with Crippen molar-refractivity contribution >= 4 is 21.9 Å². The van der Waals surface area contributed by atoms with E-state index in [1.165, 1.54) is 18.2 Å². The standard InChI is InChI=1S/C23H24F5NO5/c24-22(25,23(26,27)28)7-1-9-33-15-3-5-19-17(11-15)20(32)16-10-14(2-4-18(16)34-19)6-8-21(29,12-30)13-31/h2-5,10-11,30-31H,1,6-9,12-13,29H2. The number of hydrogen-bond donors (Lipinski definition) is 3. The molecule has 34 heavy (non-hydrogen) atoms. The number of aryl methyl sites for hydroxylation is 1. The van der Waals surface area contributed by atoms with Gasteiger partial charge in [-0.15, -0.1) is 0 Å². The number of rotatable bonds is 10. The Bertz CT molecular complexity index is 1200. The molecular weight excluding hydrogens is 465 g/mol. The summed E-state index contributed by atoms with van der Waals surface area (Å²) in [5.41, 5.74) is 5.66. The predicted molar refractivity (Wildman–Crippen MR) is 115 cm³/mol. The molecule has 0 unspecified atom stereocenters. The van der Waals surface area contributed by atoms with Gasteiger partial charge in [0.2, 0.25) is 5.43 Å². The van der Waals surface area contributed by atoms with Crippen LogP contribution in [0.4, 0.5) is 22.0 Å². The lowest BCUT2D eigenvalue weighted by Gasteiger charge is -2.24. The molecule has 0 aliphatic carbocycles. The quantitative estimate of drug-likeness (QED) is 0.227. The molecular formula is C23H24F5NO5. The Morgan fingerprint density at radius 3 is 2.15 bits per heavy atom. The number of aliphatic hydroxyl groups excluding tert-OH is 2. The summed E-state index contributed by atoms with van der Waals surface area (Å²) in [6.07, 6.45) is -6.90. The van der Waals surface area contributed by atoms with E-state index in [0.29, 0.717) is 12.0 Å². The zero-order chi connectivity index (χ0) is 25.1. The average molecular weight is 489 g/mol. The Hall–Kier alpha value is -2.76. The number of halogens is 5. The van der Waals surface area contributed by atoms with E-state index in [4.69, 9.17) is 14.9 Å². The Morgan fingerprint density at radius 2 is 1.53 bits per heavy atom. The van der Waals surface area contributed by atoms with Gasteiger partial charge in [0.25, 0.3) is 0 Å². The zero-order valence-corrected chi connectivity index (χ0v) is 18.0. The molecule has 2 aromatic carbocycles. The minimum Gasteiger partial charge on any atom is -0.494 e. The van der Waals surface area contributed by atoms with E-state index in [2.05, 4.69) is 0 Å². The highest BCUT2D eigenvalue weighted by molar-refractivity contribution is 5.90. The number of alkyl halides is 5. The van der Waals surface area contributed by atoms with Crippen molar-refractivity contribution in [2.75, 3.05) is 19.8 Å². The summed E-state index contributed by atoms with van der Waals surface area (Å²) >= 11 is 0. The van der Waals surface area contributed by atoms with E-state index >= 15 is 0 Å². The summed E-state index contributed by atoms with van der Waals surface area (Å²) < 4.78 is 73.7. The number of hydrogen-bond acceptors (Lipinski definition) is 6. The van der Waals surface area contributed by atoms with Gasteiger partial charge in [0, 0.05) is 6.42 Å². The van der Waals surface area contributed by atoms with Gasteiger partial charge in [0.15, 0.2) is 0 Å². The third-order valence-corrected chi connectivity index (χ3v) is 5.56. The van der Waals surface area contributed by atoms with Gasteiger partial charge >= 0.3 is 12.1 Å². The molecule has 0 saturated heterocycles. The van der Waals surface area contributed by atoms with Crippen LogP contribution < -0.4 is 15.9 Å². The van der Waals surface area contributed by atoms with Gasteiger partial charge in [-0.3, -0.25) is 4.79 Å². The second-order valence-electron chi connectivity index (χ2n) is 8.25. The molecule has 0 atom stereocenters. The first kappa shape index (κ1) is 25.9. The van der Waals surface area contributed by atoms with Gasteiger partial charge in [-0.25, -0.2) is 0 Å². The molecule has 0 saturated carbocycles. The molecule has 1 aromatic heterocycles. The molecule has 1 heterocycles. The minimum absolute atomic E-state index is 0.129. The first-order valence-corrected chi connectivity index (χ1v) is 10.5. The van der Waals surface area contributed by atoms with Gasteiger partial charge in [0.1, 0.15) is 16.9 Å². The predicted octanol–water partition coefficient (Wildman–Crippen LogP) is 3.92. The van der Waals surface area contributed by atoms with Gasteiger partial charge in [-0.2, -0.15) is 22.0 Å². The van der Waals surface area contributed by atoms with Crippen LogP contribution in [0.1, 0.15) is 24.8 Å². The Balaban J connectivity index is 1.78. The van der Waals surface area contributed by atoms with Crippen molar-refractivity contribution in [2.24, 2.45) is 5.73 Å². The van der Waals surface area contributed by atoms with Gasteiger partial charge in [0.05, 0.1) is 36.1 Å². The molecule has 0 bridgehead atoms. The highest BCUT2D eigenvalue weighted by Crippen LogP contribution is 2.38. The minimum atomic E-state index is -5.61. The smallest absolute Gasteiger partial charge is 0.453 e. The molecule has 0 aliphatic rings. The number of ether oxygens (including phenoxy) is 1. The molecule has 11 heteroatoms. The van der Waals surface area contributed by atoms with Crippen LogP contribution >= 0.6 is 0 Å². The average Bonchev–Trinajstić information content (AvgIpc) is 2.80. The SMILES string of the molecule is NC(CO)(CO)CCc1ccc2oc3ccc(OCCCC(F)(F)C(F)(F)F)cc3c(=O)c2c1. The highest BCUT2D eigenvalue weighted by atomic mass is 19.4. The molecule has 6 nitrogen and oxygen atoms in total. The first-order chi connectivity index (χ1) is 15.9. The van der Waals surface area contributed by atoms with Gasteiger partial charge in [-0.05, 0) is 55.2 Å². The van der Waals surface area contributed by atoms with Crippen molar-refractivity contribution < 1.29 is 41.3 Å². The van der Waals surface area contributed by atoms with E-state index in [1.54, 1.807) is 18.2 Å². The number of fused-ring (bicyclic) bond motifs is 2. The Morgan fingerprint density at radius 1 is 0.912 bits per heavy atom. The molecule has 4 N–H and O–H groups in total. The van der Waals surface area contributed by atoms with Gasteiger partial charge < -0.3 is 25.1 Å². The molecule has 3 rings (SSSR count). The van der Waals surface area contributed by atoms with Crippen LogP contribution in [0.15, 0.2) is 45.6 Å². The summed E-state index contributed by atoms with van der Waals surface area (Å²) in [5.74, 6) is -4.67. The van der Waals surface area contributed by atoms with Crippen LogP contribution in [-0.2, 0) is 6.42 Å². The number of aliphatic hydroxyl groups is 2. The van der Waals surface area contributed by atoms with Crippen LogP contribution in [0.25, 0.3) is 21.9 Å². The Kier molecular flexibility index (Phi) is 7.49. The van der Waals surface area contributed by atoms with Crippen LogP contribution in [0.2, 0.25) is 0 Å². The molecule has 0 aliphatic heterocycles. The molecule has 0 radical (unpaired) electrons. The monoisotopic (exact) mass is 489 g/mol. The van der Waals surface area contributed by atoms with E-state index in [9.17, 15) is 37.0 Å². The third kappa shape index (κ3) is 5.65. The van der Waals surface area contributed by atoms with Crippen LogP contribution in [-0.4, -0.2) is 47.7 Å². The molecule has 3 aromatic rings. The molecule has 0 spiro atoms. The maximum Gasteiger partial charge on any atom is 0.453 e. The largest absolute Gasteiger partial charge is 0.494 e. The van der Waals surface area contributed by atoms with Crippen molar-refractivity contribution in [3.63, 3.8) is 0 Å². The van der Waals surface area contributed by atoms with Crippen molar-refractivity contribution in [1.29, 1.82) is 0 Å². The van der Waals surface area contributed by atoms with E-state index in [-0.39, 0.29) is 34.0 Å². The first-order valence-electron chi connectivity index (χ1n) is 10.5. The summed E-state index contributed by atoms with van der Waals surface area (Å²) in [4.78, 5) is 13.0. The van der Waals surface area contributed by atoms with E-state index in [1.807, 2.05) is 0 Å². The fourth-order valence-electron chi connectivity index (χ4n) is 3.36. The van der Waals surface area contributed by atoms with Crippen LogP contribution in [0, 0.1) is 0 Å². The van der Waals surface area contributed by atoms with Gasteiger partial charge in [-0.1, -0.05) is 6.07 Å². The summed E-state index contributed by atoms with van der Waals surface area (Å²) in [5, 5.41) is 19.1. The zero-order valence-electron chi connectivity index (χ0n) is 18.0. The normalized spacial score (nSPS) is 13.1. The van der Waals surface area contributed by atoms with Crippen LogP contribution in [0.5, 0.6) is 5.75 Å². The second kappa shape index (κ2) is 9.85. The summed E-state index contributed by atoms with van der Waals surface area (Å²) in [6, 6.07) is 9.19. The summed E-state index contributed by atoms with van der Waals surface area (Å²) in [7, 11) is 0. The topological polar surface area (TPSA) is 106 Å². The summed E-state index contributed by atoms with van der Waals surface area (Å²) in [6.45, 7) is -1.20. The Labute approximate surface area is 190 Å². The number of benzene rings is 2. The lowest BCUT2D eigenvalue weighted by atomic mass is 9.93. The van der Waals surface area contributed by atoms with Crippen molar-refractivity contribution in [1.82, 2.24) is 0 Å². The molecule has 0 amide bonds. The van der Waals surface area contributed by atoms with Crippen molar-refractivity contribution in [2.45, 2.75) is 43.3 Å². The molecule has 0 fully saturated rings. The maximum absolute atomic E-state index is 13.0. The molecule has 186 valence electrons. The lowest BCUT2D eigenvalue weighted by molar-refractivity contribution is -0.284. The van der Waals surface area contributed by atoms with E-state index in [0.717, 1.165) is 5.56 Å². The fourth-order valence-corrected chi connectivity index (χ4v) is 3.36. The highest BCUT2D eigenvalue weighted by Gasteiger charge is 2.56. The van der Waals surface area contributed by atoms with E-state index < -0.39 is 50.3 Å². The lowest BCUT2D eigenvalue weighted by Crippen LogP contribution is -2.47. The van der Waals surface area contributed by atoms with Crippen LogP contribution in [0.3, 0.4) is 0 Å². The maximum atomic E-state index is 13.0. The van der Waals surface area contributed by atoms with Crippen molar-refractivity contribution in [3.05, 3.63) is 52.2 Å². The van der Waals surface area contributed by atoms with Crippen molar-refractivity contribution in [3.8, 4) is 5.75 Å².